The van der Waals surface area contributed by atoms with Crippen LogP contribution in [0, 0.1) is 41.5 Å². The van der Waals surface area contributed by atoms with Gasteiger partial charge in [0, 0.05) is 0 Å². The van der Waals surface area contributed by atoms with Gasteiger partial charge in [-0.2, -0.15) is 0 Å². The molecule has 1 aliphatic carbocycles. The Morgan fingerprint density at radius 1 is 0.476 bits per heavy atom. The summed E-state index contributed by atoms with van der Waals surface area (Å²) in [6.45, 7) is 13.6. The van der Waals surface area contributed by atoms with Crippen molar-refractivity contribution in [3.63, 3.8) is 0 Å². The molecule has 0 radical (unpaired) electrons. The van der Waals surface area contributed by atoms with Crippen molar-refractivity contribution in [3.8, 4) is 11.1 Å². The third kappa shape index (κ3) is 5.73. The molecule has 5 aromatic carbocycles. The maximum atomic E-state index is 2.51. The first-order valence-corrected chi connectivity index (χ1v) is 16.7. The van der Waals surface area contributed by atoms with Gasteiger partial charge in [-0.05, 0) is 0 Å². The van der Waals surface area contributed by atoms with Crippen molar-refractivity contribution in [1.82, 2.24) is 0 Å². The van der Waals surface area contributed by atoms with Crippen molar-refractivity contribution in [2.45, 2.75) is 47.1 Å². The van der Waals surface area contributed by atoms with Crippen LogP contribution >= 0.6 is 0 Å². The number of hydrogen-bond acceptors (Lipinski definition) is 0. The Morgan fingerprint density at radius 2 is 0.857 bits per heavy atom. The average Bonchev–Trinajstić information content (AvgIpc) is 3.19. The summed E-state index contributed by atoms with van der Waals surface area (Å²) in [6.07, 6.45) is 0. The summed E-state index contributed by atoms with van der Waals surface area (Å²) >= 11 is 2.32. The Balaban J connectivity index is 0.00000161. The molecule has 0 spiro atoms. The van der Waals surface area contributed by atoms with E-state index in [0.717, 1.165) is 0 Å². The molecule has 1 atom stereocenters. The quantitative estimate of drug-likeness (QED) is 0.148. The molecule has 0 amide bonds. The molecule has 0 fully saturated rings. The monoisotopic (exact) mass is 660 g/mol. The third-order valence-corrected chi connectivity index (χ3v) is 14.2. The predicted octanol–water partition coefficient (Wildman–Crippen LogP) is -2.46. The fourth-order valence-corrected chi connectivity index (χ4v) is 14.3. The second-order valence-electron chi connectivity index (χ2n) is 11.7. The van der Waals surface area contributed by atoms with E-state index in [1.54, 1.807) is 0 Å². The van der Waals surface area contributed by atoms with Crippen molar-refractivity contribution in [1.29, 1.82) is 0 Å². The number of fused-ring (bicyclic) bond motifs is 3. The van der Waals surface area contributed by atoms with E-state index < -0.39 is 8.07 Å². The largest absolute Gasteiger partial charge is 1.00 e. The van der Waals surface area contributed by atoms with Crippen molar-refractivity contribution in [2.75, 3.05) is 0 Å². The standard InChI is InChI=1S/C37H35Si.3ClH.Ti/c1-24-15-25(2)19-30(18-24)38(31-20-26(3)16-27(4)21-31,32-22-28(5)17-29(6)23-32)37-35-13-9-7-11-33(35)34-12-8-10-14-36(34)37;;;;/h7-13,15-23,37H,1-6H3;3*1H;/q;;;;+3/p-3. The molecular weight excluding hydrogens is 627 g/mol. The van der Waals surface area contributed by atoms with Crippen LogP contribution in [0.4, 0.5) is 0 Å². The minimum Gasteiger partial charge on any atom is -1.00 e. The number of benzene rings is 5. The Morgan fingerprint density at radius 3 is 1.29 bits per heavy atom. The van der Waals surface area contributed by atoms with Crippen LogP contribution in [0.15, 0.2) is 97.1 Å². The first kappa shape index (κ1) is 34.4. The van der Waals surface area contributed by atoms with E-state index in [-0.39, 0.29) is 42.8 Å². The first-order chi connectivity index (χ1) is 18.7. The van der Waals surface area contributed by atoms with Gasteiger partial charge in [-0.1, -0.05) is 0 Å². The topological polar surface area (TPSA) is 0 Å². The SMILES string of the molecule is Cc1cc(C)cc([Si](c2cc(C)cc(C)c2)(c2cc(C)cc(C)c2)C2c3ccccc3-c3ccc[c]([Ti+3])c32)c1.[Cl-].[Cl-].[Cl-]. The van der Waals surface area contributed by atoms with Crippen LogP contribution in [0.5, 0.6) is 0 Å². The summed E-state index contributed by atoms with van der Waals surface area (Å²) in [7, 11) is -2.71. The van der Waals surface area contributed by atoms with Crippen molar-refractivity contribution in [3.05, 3.63) is 142 Å². The van der Waals surface area contributed by atoms with Gasteiger partial charge >= 0.3 is 248 Å². The molecule has 1 unspecified atom stereocenters. The van der Waals surface area contributed by atoms with Gasteiger partial charge in [0.25, 0.3) is 0 Å². The smallest absolute Gasteiger partial charge is 1.00 e. The van der Waals surface area contributed by atoms with Crippen LogP contribution in [0.1, 0.15) is 50.0 Å². The molecule has 5 aromatic rings. The fourth-order valence-electron chi connectivity index (χ4n) is 7.32. The molecule has 0 nitrogen and oxygen atoms in total. The molecule has 0 bridgehead atoms. The van der Waals surface area contributed by atoms with Crippen LogP contribution in [-0.2, 0) is 20.4 Å². The minimum absolute atomic E-state index is 0. The van der Waals surface area contributed by atoms with Crippen molar-refractivity contribution < 1.29 is 57.7 Å². The summed E-state index contributed by atoms with van der Waals surface area (Å²) in [5.41, 5.74) is 14.1. The van der Waals surface area contributed by atoms with Gasteiger partial charge in [-0.15, -0.1) is 0 Å². The zero-order chi connectivity index (χ0) is 27.5. The van der Waals surface area contributed by atoms with Gasteiger partial charge in [-0.25, -0.2) is 0 Å². The molecule has 212 valence electrons. The zero-order valence-corrected chi connectivity index (χ0v) is 29.8. The van der Waals surface area contributed by atoms with Crippen molar-refractivity contribution in [2.24, 2.45) is 0 Å². The van der Waals surface area contributed by atoms with Gasteiger partial charge < -0.3 is 37.2 Å². The molecular formula is C37H35Cl3SiTi. The minimum atomic E-state index is -2.71. The Hall–Kier alpha value is -2.10. The molecule has 42 heavy (non-hydrogen) atoms. The van der Waals surface area contributed by atoms with E-state index in [1.165, 1.54) is 75.1 Å². The molecule has 0 saturated heterocycles. The van der Waals surface area contributed by atoms with Gasteiger partial charge in [0.2, 0.25) is 0 Å². The maximum Gasteiger partial charge on any atom is -1.00 e. The predicted molar refractivity (Wildman–Crippen MR) is 166 cm³/mol. The number of aryl methyl sites for hydroxylation is 6. The number of hydrogen-bond donors (Lipinski definition) is 0. The molecule has 1 aliphatic rings. The molecule has 0 saturated carbocycles. The molecule has 0 aliphatic heterocycles. The van der Waals surface area contributed by atoms with Gasteiger partial charge in [0.1, 0.15) is 0 Å². The van der Waals surface area contributed by atoms with E-state index in [1.807, 2.05) is 0 Å². The van der Waals surface area contributed by atoms with Crippen LogP contribution in [-0.4, -0.2) is 8.07 Å². The normalized spacial score (nSPS) is 13.3. The summed E-state index contributed by atoms with van der Waals surface area (Å²) in [4.78, 5) is 0. The van der Waals surface area contributed by atoms with E-state index in [0.29, 0.717) is 0 Å². The number of halogens is 3. The Kier molecular flexibility index (Phi) is 10.9. The summed E-state index contributed by atoms with van der Waals surface area (Å²) in [5, 5.41) is 4.52. The van der Waals surface area contributed by atoms with Crippen LogP contribution in [0.3, 0.4) is 0 Å². The third-order valence-electron chi connectivity index (χ3n) is 8.42. The average molecular weight is 662 g/mol. The van der Waals surface area contributed by atoms with Gasteiger partial charge in [0.05, 0.1) is 0 Å². The van der Waals surface area contributed by atoms with Gasteiger partial charge in [0.15, 0.2) is 0 Å². The van der Waals surface area contributed by atoms with Crippen LogP contribution < -0.4 is 56.6 Å². The maximum absolute atomic E-state index is 2.71. The van der Waals surface area contributed by atoms with E-state index in [9.17, 15) is 0 Å². The second kappa shape index (κ2) is 13.3. The molecule has 0 aromatic heterocycles. The summed E-state index contributed by atoms with van der Waals surface area (Å²) in [6, 6.07) is 38.1. The molecule has 5 heteroatoms. The first-order valence-electron chi connectivity index (χ1n) is 13.9. The van der Waals surface area contributed by atoms with Crippen LogP contribution in [0.2, 0.25) is 0 Å². The van der Waals surface area contributed by atoms with Gasteiger partial charge in [-0.3, -0.25) is 0 Å². The zero-order valence-electron chi connectivity index (χ0n) is 24.9. The second-order valence-corrected chi connectivity index (χ2v) is 16.5. The Bertz CT molecular complexity index is 1570. The van der Waals surface area contributed by atoms with E-state index in [2.05, 4.69) is 159 Å². The summed E-state index contributed by atoms with van der Waals surface area (Å²) in [5.74, 6) is 0. The van der Waals surface area contributed by atoms with E-state index >= 15 is 0 Å². The Labute approximate surface area is 283 Å². The molecule has 6 rings (SSSR count). The molecule has 0 heterocycles. The van der Waals surface area contributed by atoms with E-state index in [4.69, 9.17) is 0 Å². The fraction of sp³-hybridized carbons (Fsp3) is 0.189. The van der Waals surface area contributed by atoms with Crippen molar-refractivity contribution >= 4 is 27.5 Å². The number of rotatable bonds is 4. The molecule has 0 N–H and O–H groups in total. The summed E-state index contributed by atoms with van der Waals surface area (Å²) < 4.78 is 1.39. The van der Waals surface area contributed by atoms with Crippen LogP contribution in [0.25, 0.3) is 11.1 Å².